The minimum absolute atomic E-state index is 0.0167. The fourth-order valence-electron chi connectivity index (χ4n) is 3.68. The number of hydrogen-bond donors (Lipinski definition) is 3. The summed E-state index contributed by atoms with van der Waals surface area (Å²) >= 11 is 0. The molecule has 2 aliphatic rings. The van der Waals surface area contributed by atoms with Crippen molar-refractivity contribution in [2.24, 2.45) is 0 Å². The molecule has 29 heavy (non-hydrogen) atoms. The van der Waals surface area contributed by atoms with Crippen molar-refractivity contribution in [3.05, 3.63) is 53.3 Å². The second-order valence-electron chi connectivity index (χ2n) is 8.52. The number of carbonyl (C=O) groups excluding carboxylic acids is 1. The van der Waals surface area contributed by atoms with E-state index in [9.17, 15) is 18.7 Å². The van der Waals surface area contributed by atoms with Gasteiger partial charge in [0.1, 0.15) is 6.23 Å². The molecule has 1 aromatic carbocycles. The standard InChI is InChI=1S/C22H28F2N2O3/c1-22(2,3)14-6-4-13(5-7-14)16(12-15-8-11-19(27)25-15)17-9-10-18(20(28)26-17)29-21(23)24/h4-7,10,12,15,17,19,21,25,27H,8-9,11H2,1-3H3,(H,26,28)/b16-12+/t15-,17?,19?/m1/s1. The van der Waals surface area contributed by atoms with Crippen LogP contribution in [0.4, 0.5) is 8.78 Å². The third-order valence-electron chi connectivity index (χ3n) is 5.28. The average molecular weight is 406 g/mol. The maximum Gasteiger partial charge on any atom is 0.387 e. The second-order valence-corrected chi connectivity index (χ2v) is 8.52. The van der Waals surface area contributed by atoms with Gasteiger partial charge < -0.3 is 15.2 Å². The number of rotatable bonds is 5. The zero-order valence-corrected chi connectivity index (χ0v) is 16.9. The molecule has 3 atom stereocenters. The molecule has 3 N–H and O–H groups in total. The van der Waals surface area contributed by atoms with E-state index in [1.165, 1.54) is 11.6 Å². The number of carbonyl (C=O) groups is 1. The average Bonchev–Trinajstić information content (AvgIpc) is 3.05. The highest BCUT2D eigenvalue weighted by atomic mass is 19.3. The van der Waals surface area contributed by atoms with Gasteiger partial charge in [0, 0.05) is 6.04 Å². The molecule has 1 fully saturated rings. The summed E-state index contributed by atoms with van der Waals surface area (Å²) in [5.41, 5.74) is 3.04. The number of nitrogens with one attached hydrogen (secondary N) is 2. The Morgan fingerprint density at radius 3 is 2.45 bits per heavy atom. The number of ether oxygens (including phenoxy) is 1. The molecule has 7 heteroatoms. The van der Waals surface area contributed by atoms with Crippen molar-refractivity contribution in [3.63, 3.8) is 0 Å². The van der Waals surface area contributed by atoms with E-state index in [4.69, 9.17) is 0 Å². The van der Waals surface area contributed by atoms with Gasteiger partial charge in [0.05, 0.1) is 6.04 Å². The Morgan fingerprint density at radius 2 is 1.93 bits per heavy atom. The number of halogens is 2. The minimum Gasteiger partial charge on any atom is -0.429 e. The summed E-state index contributed by atoms with van der Waals surface area (Å²) in [6, 6.07) is 7.75. The van der Waals surface area contributed by atoms with Crippen LogP contribution in [-0.2, 0) is 14.9 Å². The van der Waals surface area contributed by atoms with Crippen molar-refractivity contribution in [2.75, 3.05) is 0 Å². The first kappa shape index (κ1) is 21.5. The molecule has 1 amide bonds. The fraction of sp³-hybridized carbons (Fsp3) is 0.500. The van der Waals surface area contributed by atoms with Gasteiger partial charge in [0.25, 0.3) is 5.91 Å². The topological polar surface area (TPSA) is 70.6 Å². The lowest BCUT2D eigenvalue weighted by molar-refractivity contribution is -0.135. The number of benzene rings is 1. The highest BCUT2D eigenvalue weighted by Crippen LogP contribution is 2.29. The Morgan fingerprint density at radius 1 is 1.24 bits per heavy atom. The number of hydrogen-bond acceptors (Lipinski definition) is 4. The molecular weight excluding hydrogens is 378 g/mol. The molecule has 2 heterocycles. The highest BCUT2D eigenvalue weighted by Gasteiger charge is 2.29. The van der Waals surface area contributed by atoms with Crippen molar-refractivity contribution < 1.29 is 23.4 Å². The van der Waals surface area contributed by atoms with Crippen LogP contribution in [0.2, 0.25) is 0 Å². The first-order chi connectivity index (χ1) is 13.6. The number of aliphatic hydroxyl groups is 1. The van der Waals surface area contributed by atoms with Crippen LogP contribution in [0.25, 0.3) is 5.57 Å². The third kappa shape index (κ3) is 5.42. The first-order valence-electron chi connectivity index (χ1n) is 9.86. The van der Waals surface area contributed by atoms with Crippen LogP contribution in [0.15, 0.2) is 42.2 Å². The van der Waals surface area contributed by atoms with Gasteiger partial charge in [-0.3, -0.25) is 10.1 Å². The van der Waals surface area contributed by atoms with E-state index in [1.807, 2.05) is 18.2 Å². The molecule has 0 radical (unpaired) electrons. The van der Waals surface area contributed by atoms with E-state index in [2.05, 4.69) is 48.3 Å². The Labute approximate surface area is 169 Å². The number of alkyl halides is 2. The quantitative estimate of drug-likeness (QED) is 0.701. The zero-order chi connectivity index (χ0) is 21.2. The molecule has 3 rings (SSSR count). The molecule has 0 aromatic heterocycles. The maximum atomic E-state index is 12.5. The maximum absolute atomic E-state index is 12.5. The molecule has 0 saturated carbocycles. The lowest BCUT2D eigenvalue weighted by Crippen LogP contribution is -2.41. The van der Waals surface area contributed by atoms with Crippen molar-refractivity contribution in [3.8, 4) is 0 Å². The lowest BCUT2D eigenvalue weighted by Gasteiger charge is -2.27. The SMILES string of the molecule is CC(C)(C)c1ccc(/C(=C\[C@H]2CCC(O)N2)C2CC=C(OC(F)F)C(=O)N2)cc1. The monoisotopic (exact) mass is 406 g/mol. The summed E-state index contributed by atoms with van der Waals surface area (Å²) in [4.78, 5) is 12.2. The van der Waals surface area contributed by atoms with Crippen molar-refractivity contribution in [1.82, 2.24) is 10.6 Å². The van der Waals surface area contributed by atoms with Gasteiger partial charge >= 0.3 is 6.61 Å². The zero-order valence-electron chi connectivity index (χ0n) is 16.9. The van der Waals surface area contributed by atoms with E-state index >= 15 is 0 Å². The fourth-order valence-corrected chi connectivity index (χ4v) is 3.68. The Bertz CT molecular complexity index is 797. The predicted molar refractivity (Wildman–Crippen MR) is 107 cm³/mol. The van der Waals surface area contributed by atoms with Gasteiger partial charge in [0.2, 0.25) is 0 Å². The normalized spacial score (nSPS) is 25.8. The molecule has 0 bridgehead atoms. The van der Waals surface area contributed by atoms with Crippen molar-refractivity contribution in [2.45, 2.75) is 70.4 Å². The number of aliphatic hydroxyl groups excluding tert-OH is 1. The van der Waals surface area contributed by atoms with Crippen molar-refractivity contribution in [1.29, 1.82) is 0 Å². The Hall–Kier alpha value is -2.25. The molecule has 5 nitrogen and oxygen atoms in total. The van der Waals surface area contributed by atoms with Crippen LogP contribution in [0.1, 0.15) is 51.2 Å². The molecular formula is C22H28F2N2O3. The Kier molecular flexibility index (Phi) is 6.39. The smallest absolute Gasteiger partial charge is 0.387 e. The van der Waals surface area contributed by atoms with E-state index in [0.717, 1.165) is 17.6 Å². The lowest BCUT2D eigenvalue weighted by atomic mass is 9.85. The molecule has 1 saturated heterocycles. The first-order valence-corrected chi connectivity index (χ1v) is 9.86. The van der Waals surface area contributed by atoms with Gasteiger partial charge in [-0.15, -0.1) is 0 Å². The van der Waals surface area contributed by atoms with Gasteiger partial charge in [-0.25, -0.2) is 0 Å². The summed E-state index contributed by atoms with van der Waals surface area (Å²) < 4.78 is 29.2. The van der Waals surface area contributed by atoms with Crippen molar-refractivity contribution >= 4 is 11.5 Å². The minimum atomic E-state index is -3.03. The van der Waals surface area contributed by atoms with E-state index < -0.39 is 18.7 Å². The van der Waals surface area contributed by atoms with E-state index in [0.29, 0.717) is 12.8 Å². The van der Waals surface area contributed by atoms with Gasteiger partial charge in [-0.1, -0.05) is 51.1 Å². The highest BCUT2D eigenvalue weighted by molar-refractivity contribution is 5.94. The van der Waals surface area contributed by atoms with Crippen LogP contribution in [0.5, 0.6) is 0 Å². The molecule has 2 unspecified atom stereocenters. The Balaban J connectivity index is 1.89. The largest absolute Gasteiger partial charge is 0.429 e. The summed E-state index contributed by atoms with van der Waals surface area (Å²) in [5, 5.41) is 15.7. The van der Waals surface area contributed by atoms with Crippen LogP contribution in [0.3, 0.4) is 0 Å². The molecule has 158 valence electrons. The summed E-state index contributed by atoms with van der Waals surface area (Å²) in [6.45, 7) is 3.38. The summed E-state index contributed by atoms with van der Waals surface area (Å²) in [7, 11) is 0. The summed E-state index contributed by atoms with van der Waals surface area (Å²) in [6.07, 6.45) is 4.65. The van der Waals surface area contributed by atoms with Crippen LogP contribution >= 0.6 is 0 Å². The number of amides is 1. The van der Waals surface area contributed by atoms with Gasteiger partial charge in [-0.05, 0) is 47.5 Å². The van der Waals surface area contributed by atoms with E-state index in [-0.39, 0.29) is 23.3 Å². The van der Waals surface area contributed by atoms with E-state index in [1.54, 1.807) is 0 Å². The third-order valence-corrected chi connectivity index (χ3v) is 5.28. The van der Waals surface area contributed by atoms with Crippen LogP contribution in [-0.4, -0.2) is 35.9 Å². The van der Waals surface area contributed by atoms with Crippen LogP contribution in [0, 0.1) is 0 Å². The second kappa shape index (κ2) is 8.63. The predicted octanol–water partition coefficient (Wildman–Crippen LogP) is 3.45. The molecule has 1 aromatic rings. The van der Waals surface area contributed by atoms with Gasteiger partial charge in [-0.2, -0.15) is 8.78 Å². The summed E-state index contributed by atoms with van der Waals surface area (Å²) in [5.74, 6) is -1.01. The van der Waals surface area contributed by atoms with Crippen LogP contribution < -0.4 is 10.6 Å². The molecule has 2 aliphatic heterocycles. The molecule has 0 spiro atoms. The molecule has 0 aliphatic carbocycles. The van der Waals surface area contributed by atoms with Gasteiger partial charge in [0.15, 0.2) is 5.76 Å².